The van der Waals surface area contributed by atoms with E-state index in [-0.39, 0.29) is 10.7 Å². The SMILES string of the molecule is CC(C)(C)OC(=O)C1=CCC(Cl)N=C1Cl. The Hall–Kier alpha value is -0.540. The van der Waals surface area contributed by atoms with Crippen LogP contribution in [0.4, 0.5) is 0 Å². The number of carbonyl (C=O) groups is 1. The number of halogens is 2. The maximum Gasteiger partial charge on any atom is 0.341 e. The van der Waals surface area contributed by atoms with Crippen LogP contribution in [0, 0.1) is 0 Å². The molecule has 0 radical (unpaired) electrons. The summed E-state index contributed by atoms with van der Waals surface area (Å²) in [6, 6.07) is 0. The van der Waals surface area contributed by atoms with E-state index in [0.29, 0.717) is 12.0 Å². The summed E-state index contributed by atoms with van der Waals surface area (Å²) in [4.78, 5) is 15.5. The maximum absolute atomic E-state index is 11.6. The lowest BCUT2D eigenvalue weighted by molar-refractivity contribution is -0.149. The molecule has 1 rings (SSSR count). The Bertz CT molecular complexity index is 329. The summed E-state index contributed by atoms with van der Waals surface area (Å²) in [5.41, 5.74) is -0.625. The van der Waals surface area contributed by atoms with Crippen LogP contribution in [0.15, 0.2) is 16.6 Å². The zero-order chi connectivity index (χ0) is 11.6. The van der Waals surface area contributed by atoms with E-state index < -0.39 is 11.6 Å². The molecule has 1 aliphatic rings. The summed E-state index contributed by atoms with van der Waals surface area (Å²) >= 11 is 11.5. The van der Waals surface area contributed by atoms with Crippen LogP contribution >= 0.6 is 23.2 Å². The minimum absolute atomic E-state index is 0.121. The fourth-order valence-electron chi connectivity index (χ4n) is 1.05. The Morgan fingerprint density at radius 1 is 1.60 bits per heavy atom. The molecule has 0 aromatic heterocycles. The van der Waals surface area contributed by atoms with Crippen molar-refractivity contribution in [2.24, 2.45) is 4.99 Å². The van der Waals surface area contributed by atoms with Crippen molar-refractivity contribution in [1.29, 1.82) is 0 Å². The smallest absolute Gasteiger partial charge is 0.341 e. The quantitative estimate of drug-likeness (QED) is 0.407. The molecular formula is C10H13Cl2NO2. The van der Waals surface area contributed by atoms with E-state index in [2.05, 4.69) is 4.99 Å². The summed E-state index contributed by atoms with van der Waals surface area (Å²) < 4.78 is 5.17. The second kappa shape index (κ2) is 4.54. The second-order valence-electron chi connectivity index (χ2n) is 4.21. The Balaban J connectivity index is 2.74. The predicted octanol–water partition coefficient (Wildman–Crippen LogP) is 2.86. The van der Waals surface area contributed by atoms with E-state index >= 15 is 0 Å². The zero-order valence-electron chi connectivity index (χ0n) is 8.88. The largest absolute Gasteiger partial charge is 0.456 e. The van der Waals surface area contributed by atoms with Gasteiger partial charge in [-0.3, -0.25) is 4.99 Å². The number of hydrogen-bond donors (Lipinski definition) is 0. The topological polar surface area (TPSA) is 38.7 Å². The van der Waals surface area contributed by atoms with Gasteiger partial charge in [0.25, 0.3) is 0 Å². The van der Waals surface area contributed by atoms with Crippen molar-refractivity contribution in [3.05, 3.63) is 11.6 Å². The Morgan fingerprint density at radius 3 is 2.67 bits per heavy atom. The van der Waals surface area contributed by atoms with Gasteiger partial charge in [0.15, 0.2) is 0 Å². The van der Waals surface area contributed by atoms with Crippen LogP contribution < -0.4 is 0 Å². The molecule has 0 N–H and O–H groups in total. The molecule has 0 spiro atoms. The van der Waals surface area contributed by atoms with Gasteiger partial charge in [-0.1, -0.05) is 29.3 Å². The monoisotopic (exact) mass is 249 g/mol. The number of ether oxygens (including phenoxy) is 1. The van der Waals surface area contributed by atoms with Gasteiger partial charge < -0.3 is 4.74 Å². The minimum Gasteiger partial charge on any atom is -0.456 e. The van der Waals surface area contributed by atoms with Crippen molar-refractivity contribution < 1.29 is 9.53 Å². The average Bonchev–Trinajstić information content (AvgIpc) is 1.99. The Kier molecular flexibility index (Phi) is 3.79. The molecular weight excluding hydrogens is 237 g/mol. The first-order chi connectivity index (χ1) is 6.79. The lowest BCUT2D eigenvalue weighted by Gasteiger charge is -2.21. The third kappa shape index (κ3) is 3.84. The van der Waals surface area contributed by atoms with Crippen molar-refractivity contribution in [3.8, 4) is 0 Å². The number of esters is 1. The minimum atomic E-state index is -0.535. The van der Waals surface area contributed by atoms with Gasteiger partial charge in [-0.25, -0.2) is 4.79 Å². The first-order valence-corrected chi connectivity index (χ1v) is 5.42. The van der Waals surface area contributed by atoms with Crippen LogP contribution in [0.3, 0.4) is 0 Å². The van der Waals surface area contributed by atoms with Crippen molar-refractivity contribution in [1.82, 2.24) is 0 Å². The van der Waals surface area contributed by atoms with Crippen molar-refractivity contribution in [2.45, 2.75) is 38.3 Å². The van der Waals surface area contributed by atoms with Gasteiger partial charge in [-0.2, -0.15) is 0 Å². The van der Waals surface area contributed by atoms with E-state index in [1.165, 1.54) is 0 Å². The molecule has 5 heteroatoms. The highest BCUT2D eigenvalue weighted by atomic mass is 35.5. The van der Waals surface area contributed by atoms with Gasteiger partial charge in [-0.15, -0.1) is 0 Å². The van der Waals surface area contributed by atoms with E-state index in [0.717, 1.165) is 0 Å². The molecule has 0 amide bonds. The fraction of sp³-hybridized carbons (Fsp3) is 0.600. The first-order valence-electron chi connectivity index (χ1n) is 4.61. The molecule has 0 bridgehead atoms. The normalized spacial score (nSPS) is 21.8. The molecule has 1 heterocycles. The number of hydrogen-bond acceptors (Lipinski definition) is 3. The lowest BCUT2D eigenvalue weighted by atomic mass is 10.1. The van der Waals surface area contributed by atoms with E-state index in [4.69, 9.17) is 27.9 Å². The fourth-order valence-corrected chi connectivity index (χ4v) is 1.55. The number of dihydropyridines is 1. The van der Waals surface area contributed by atoms with Gasteiger partial charge in [0, 0.05) is 6.42 Å². The van der Waals surface area contributed by atoms with Crippen LogP contribution in [-0.2, 0) is 9.53 Å². The Morgan fingerprint density at radius 2 is 2.20 bits per heavy atom. The van der Waals surface area contributed by atoms with E-state index in [1.54, 1.807) is 26.8 Å². The van der Waals surface area contributed by atoms with Crippen molar-refractivity contribution >= 4 is 34.3 Å². The highest BCUT2D eigenvalue weighted by Gasteiger charge is 2.25. The maximum atomic E-state index is 11.6. The molecule has 1 aliphatic heterocycles. The molecule has 15 heavy (non-hydrogen) atoms. The van der Waals surface area contributed by atoms with Crippen LogP contribution in [0.2, 0.25) is 0 Å². The highest BCUT2D eigenvalue weighted by molar-refractivity contribution is 6.72. The number of nitrogens with zero attached hydrogens (tertiary/aromatic N) is 1. The van der Waals surface area contributed by atoms with Gasteiger partial charge >= 0.3 is 5.97 Å². The number of alkyl halides is 1. The van der Waals surface area contributed by atoms with Gasteiger partial charge in [-0.05, 0) is 20.8 Å². The molecule has 0 saturated carbocycles. The van der Waals surface area contributed by atoms with Gasteiger partial charge in [0.1, 0.15) is 16.3 Å². The van der Waals surface area contributed by atoms with Crippen molar-refractivity contribution in [3.63, 3.8) is 0 Å². The summed E-state index contributed by atoms with van der Waals surface area (Å²) in [6.07, 6.45) is 2.15. The van der Waals surface area contributed by atoms with Gasteiger partial charge in [0.2, 0.25) is 0 Å². The first kappa shape index (κ1) is 12.5. The molecule has 0 aromatic rings. The molecule has 0 fully saturated rings. The predicted molar refractivity (Wildman–Crippen MR) is 61.5 cm³/mol. The summed E-state index contributed by atoms with van der Waals surface area (Å²) in [5.74, 6) is -0.459. The third-order valence-corrected chi connectivity index (χ3v) is 2.19. The summed E-state index contributed by atoms with van der Waals surface area (Å²) in [6.45, 7) is 5.39. The van der Waals surface area contributed by atoms with Crippen LogP contribution in [-0.4, -0.2) is 22.2 Å². The number of rotatable bonds is 1. The van der Waals surface area contributed by atoms with Crippen LogP contribution in [0.25, 0.3) is 0 Å². The summed E-state index contributed by atoms with van der Waals surface area (Å²) in [5, 5.41) is 0.121. The number of carbonyl (C=O) groups excluding carboxylic acids is 1. The third-order valence-electron chi connectivity index (χ3n) is 1.61. The standard InChI is InChI=1S/C10H13Cl2NO2/c1-10(2,3)15-9(14)6-4-5-7(11)13-8(6)12/h4,7H,5H2,1-3H3. The highest BCUT2D eigenvalue weighted by Crippen LogP contribution is 2.21. The van der Waals surface area contributed by atoms with Crippen LogP contribution in [0.1, 0.15) is 27.2 Å². The van der Waals surface area contributed by atoms with E-state index in [1.807, 2.05) is 0 Å². The molecule has 1 atom stereocenters. The summed E-state index contributed by atoms with van der Waals surface area (Å²) in [7, 11) is 0. The van der Waals surface area contributed by atoms with Crippen LogP contribution in [0.5, 0.6) is 0 Å². The number of aliphatic imine (C=N–C) groups is 1. The average molecular weight is 250 g/mol. The molecule has 3 nitrogen and oxygen atoms in total. The zero-order valence-corrected chi connectivity index (χ0v) is 10.4. The molecule has 84 valence electrons. The molecule has 0 aliphatic carbocycles. The molecule has 0 aromatic carbocycles. The Labute approximate surface area is 99.1 Å². The lowest BCUT2D eigenvalue weighted by Crippen LogP contribution is -2.27. The van der Waals surface area contributed by atoms with Gasteiger partial charge in [0.05, 0.1) is 5.57 Å². The second-order valence-corrected chi connectivity index (χ2v) is 5.07. The van der Waals surface area contributed by atoms with E-state index in [9.17, 15) is 4.79 Å². The van der Waals surface area contributed by atoms with Crippen molar-refractivity contribution in [2.75, 3.05) is 0 Å². The molecule has 0 saturated heterocycles. The molecule has 1 unspecified atom stereocenters.